The largest absolute Gasteiger partial charge is 0.367 e. The lowest BCUT2D eigenvalue weighted by Crippen LogP contribution is -2.52. The monoisotopic (exact) mass is 310 g/mol. The molecule has 2 nitrogen and oxygen atoms in total. The molecule has 0 bridgehead atoms. The number of quaternary nitrogens is 1. The number of epoxide rings is 1. The van der Waals surface area contributed by atoms with Crippen LogP contribution in [0.4, 0.5) is 0 Å². The minimum atomic E-state index is 0.573. The number of ether oxygens (including phenoxy) is 1. The van der Waals surface area contributed by atoms with Crippen LogP contribution in [0.2, 0.25) is 0 Å². The van der Waals surface area contributed by atoms with E-state index in [0.717, 1.165) is 6.61 Å². The first-order chi connectivity index (χ1) is 10.8. The Hall–Kier alpha value is -0.340. The summed E-state index contributed by atoms with van der Waals surface area (Å²) in [7, 11) is 0. The molecule has 1 rings (SSSR count). The third kappa shape index (κ3) is 8.95. The molecule has 0 amide bonds. The van der Waals surface area contributed by atoms with Crippen LogP contribution >= 0.6 is 0 Å². The van der Waals surface area contributed by atoms with Crippen molar-refractivity contribution in [3.63, 3.8) is 0 Å². The molecule has 22 heavy (non-hydrogen) atoms. The summed E-state index contributed by atoms with van der Waals surface area (Å²) in [5, 5.41) is 0. The van der Waals surface area contributed by atoms with E-state index in [1.54, 1.807) is 0 Å². The molecule has 1 atom stereocenters. The van der Waals surface area contributed by atoms with Gasteiger partial charge in [0.15, 0.2) is 0 Å². The van der Waals surface area contributed by atoms with E-state index in [2.05, 4.69) is 32.9 Å². The van der Waals surface area contributed by atoms with Gasteiger partial charge < -0.3 is 9.22 Å². The van der Waals surface area contributed by atoms with Crippen molar-refractivity contribution in [2.24, 2.45) is 0 Å². The Bertz CT molecular complexity index is 275. The highest BCUT2D eigenvalue weighted by Crippen LogP contribution is 2.22. The maximum Gasteiger partial charge on any atom is 0.130 e. The van der Waals surface area contributed by atoms with Crippen LogP contribution in [0.5, 0.6) is 0 Å². The zero-order valence-corrected chi connectivity index (χ0v) is 15.5. The van der Waals surface area contributed by atoms with Crippen LogP contribution in [0, 0.1) is 0 Å². The van der Waals surface area contributed by atoms with Crippen LogP contribution in [0.15, 0.2) is 12.2 Å². The Balaban J connectivity index is 2.36. The van der Waals surface area contributed by atoms with Gasteiger partial charge in [0.2, 0.25) is 0 Å². The van der Waals surface area contributed by atoms with Crippen molar-refractivity contribution in [3.8, 4) is 0 Å². The highest BCUT2D eigenvalue weighted by atomic mass is 16.6. The first-order valence-electron chi connectivity index (χ1n) is 9.84. The normalized spacial score (nSPS) is 18.2. The molecule has 0 aromatic carbocycles. The fourth-order valence-corrected chi connectivity index (χ4v) is 3.43. The molecule has 2 heteroatoms. The number of allylic oxidation sites excluding steroid dienone is 2. The second-order valence-corrected chi connectivity index (χ2v) is 7.13. The van der Waals surface area contributed by atoms with Gasteiger partial charge in [0.05, 0.1) is 26.2 Å². The van der Waals surface area contributed by atoms with Crippen LogP contribution in [-0.2, 0) is 4.74 Å². The lowest BCUT2D eigenvalue weighted by atomic mass is 10.1. The van der Waals surface area contributed by atoms with Crippen molar-refractivity contribution < 1.29 is 9.22 Å². The van der Waals surface area contributed by atoms with E-state index in [-0.39, 0.29) is 0 Å². The van der Waals surface area contributed by atoms with Crippen LogP contribution in [0.3, 0.4) is 0 Å². The second-order valence-electron chi connectivity index (χ2n) is 7.13. The lowest BCUT2D eigenvalue weighted by molar-refractivity contribution is -0.929. The molecule has 130 valence electrons. The number of hydrogen-bond donors (Lipinski definition) is 0. The number of hydrogen-bond acceptors (Lipinski definition) is 1. The smallest absolute Gasteiger partial charge is 0.130 e. The van der Waals surface area contributed by atoms with E-state index in [4.69, 9.17) is 4.74 Å². The molecule has 1 unspecified atom stereocenters. The minimum Gasteiger partial charge on any atom is -0.367 e. The molecule has 0 N–H and O–H groups in total. The summed E-state index contributed by atoms with van der Waals surface area (Å²) < 4.78 is 6.91. The predicted molar refractivity (Wildman–Crippen MR) is 97.2 cm³/mol. The van der Waals surface area contributed by atoms with E-state index in [1.165, 1.54) is 88.4 Å². The summed E-state index contributed by atoms with van der Waals surface area (Å²) in [6, 6.07) is 0. The lowest BCUT2D eigenvalue weighted by Gasteiger charge is -2.39. The Labute approximate surface area is 139 Å². The van der Waals surface area contributed by atoms with E-state index in [0.29, 0.717) is 6.10 Å². The molecular formula is C20H40NO+. The van der Waals surface area contributed by atoms with E-state index < -0.39 is 0 Å². The van der Waals surface area contributed by atoms with E-state index in [1.807, 2.05) is 0 Å². The third-order valence-electron chi connectivity index (χ3n) is 4.95. The quantitative estimate of drug-likeness (QED) is 0.172. The summed E-state index contributed by atoms with van der Waals surface area (Å²) in [4.78, 5) is 0. The van der Waals surface area contributed by atoms with Gasteiger partial charge in [-0.3, -0.25) is 0 Å². The summed E-state index contributed by atoms with van der Waals surface area (Å²) in [5.41, 5.74) is 0. The maximum atomic E-state index is 5.57. The zero-order chi connectivity index (χ0) is 16.1. The fourth-order valence-electron chi connectivity index (χ4n) is 3.43. The molecule has 0 aromatic rings. The Kier molecular flexibility index (Phi) is 10.9. The van der Waals surface area contributed by atoms with E-state index in [9.17, 15) is 0 Å². The number of nitrogens with zero attached hydrogens (tertiary/aromatic N) is 1. The standard InChI is InChI=1S/C20H40NO/c1-4-7-10-11-12-13-14-17-21(15-8-5-2,16-9-6-3)18-20-19-22-20/h4,7,20H,5-6,8-19H2,1-3H3/q+1/b7-4+. The van der Waals surface area contributed by atoms with Gasteiger partial charge in [-0.05, 0) is 45.4 Å². The van der Waals surface area contributed by atoms with Crippen LogP contribution < -0.4 is 0 Å². The van der Waals surface area contributed by atoms with Crippen molar-refractivity contribution in [1.82, 2.24) is 0 Å². The minimum absolute atomic E-state index is 0.573. The molecule has 0 saturated carbocycles. The van der Waals surface area contributed by atoms with Gasteiger partial charge in [-0.2, -0.15) is 0 Å². The molecule has 1 aliphatic rings. The Morgan fingerprint density at radius 1 is 0.909 bits per heavy atom. The Morgan fingerprint density at radius 3 is 2.05 bits per heavy atom. The Morgan fingerprint density at radius 2 is 1.50 bits per heavy atom. The summed E-state index contributed by atoms with van der Waals surface area (Å²) in [6.45, 7) is 13.2. The van der Waals surface area contributed by atoms with Crippen LogP contribution in [0.25, 0.3) is 0 Å². The van der Waals surface area contributed by atoms with E-state index >= 15 is 0 Å². The number of unbranched alkanes of at least 4 members (excludes halogenated alkanes) is 6. The van der Waals surface area contributed by atoms with Crippen molar-refractivity contribution in [3.05, 3.63) is 12.2 Å². The molecule has 0 radical (unpaired) electrons. The van der Waals surface area contributed by atoms with Crippen molar-refractivity contribution in [2.45, 2.75) is 84.7 Å². The molecule has 0 aliphatic carbocycles. The molecular weight excluding hydrogens is 270 g/mol. The average Bonchev–Trinajstić information content (AvgIpc) is 3.34. The third-order valence-corrected chi connectivity index (χ3v) is 4.95. The SMILES string of the molecule is C/C=C/CCCCCC[N+](CCCC)(CCCC)CC1CO1. The topological polar surface area (TPSA) is 12.5 Å². The fraction of sp³-hybridized carbons (Fsp3) is 0.900. The molecule has 1 aliphatic heterocycles. The number of rotatable bonds is 15. The van der Waals surface area contributed by atoms with Crippen LogP contribution in [0.1, 0.15) is 78.6 Å². The highest BCUT2D eigenvalue weighted by Gasteiger charge is 2.35. The zero-order valence-electron chi connectivity index (χ0n) is 15.5. The van der Waals surface area contributed by atoms with Gasteiger partial charge in [-0.15, -0.1) is 0 Å². The van der Waals surface area contributed by atoms with Crippen LogP contribution in [-0.4, -0.2) is 43.4 Å². The van der Waals surface area contributed by atoms with Gasteiger partial charge in [0, 0.05) is 0 Å². The molecule has 0 spiro atoms. The summed E-state index contributed by atoms with van der Waals surface area (Å²) in [5.74, 6) is 0. The summed E-state index contributed by atoms with van der Waals surface area (Å²) >= 11 is 0. The molecule has 0 aromatic heterocycles. The first kappa shape index (κ1) is 19.7. The van der Waals surface area contributed by atoms with Gasteiger partial charge in [-0.25, -0.2) is 0 Å². The summed E-state index contributed by atoms with van der Waals surface area (Å²) in [6.07, 6.45) is 17.3. The second kappa shape index (κ2) is 12.1. The first-order valence-corrected chi connectivity index (χ1v) is 9.84. The predicted octanol–water partition coefficient (Wildman–Crippen LogP) is 5.33. The van der Waals surface area contributed by atoms with Gasteiger partial charge >= 0.3 is 0 Å². The molecule has 1 saturated heterocycles. The van der Waals surface area contributed by atoms with Gasteiger partial charge in [-0.1, -0.05) is 45.3 Å². The highest BCUT2D eigenvalue weighted by molar-refractivity contribution is 4.76. The van der Waals surface area contributed by atoms with Crippen molar-refractivity contribution >= 4 is 0 Å². The van der Waals surface area contributed by atoms with Gasteiger partial charge in [0.1, 0.15) is 12.6 Å². The maximum absolute atomic E-state index is 5.57. The van der Waals surface area contributed by atoms with Gasteiger partial charge in [0.25, 0.3) is 0 Å². The average molecular weight is 311 g/mol. The molecule has 1 fully saturated rings. The molecule has 1 heterocycles. The van der Waals surface area contributed by atoms with Crippen molar-refractivity contribution in [2.75, 3.05) is 32.8 Å². The van der Waals surface area contributed by atoms with Crippen molar-refractivity contribution in [1.29, 1.82) is 0 Å².